The van der Waals surface area contributed by atoms with Gasteiger partial charge in [-0.1, -0.05) is 29.4 Å². The highest BCUT2D eigenvalue weighted by Crippen LogP contribution is 2.21. The summed E-state index contributed by atoms with van der Waals surface area (Å²) < 4.78 is 18.8. The van der Waals surface area contributed by atoms with E-state index in [-0.39, 0.29) is 17.5 Å². The third-order valence-electron chi connectivity index (χ3n) is 4.02. The predicted octanol–water partition coefficient (Wildman–Crippen LogP) is 4.67. The van der Waals surface area contributed by atoms with Crippen LogP contribution in [0.15, 0.2) is 40.9 Å². The number of aryl methyl sites for hydroxylation is 3. The number of benzene rings is 2. The first-order valence-corrected chi connectivity index (χ1v) is 9.62. The van der Waals surface area contributed by atoms with Crippen molar-refractivity contribution in [3.63, 3.8) is 0 Å². The molecule has 5 nitrogen and oxygen atoms in total. The van der Waals surface area contributed by atoms with Gasteiger partial charge in [-0.05, 0) is 49.6 Å². The molecule has 0 aliphatic heterocycles. The molecule has 0 fully saturated rings. The molecule has 3 rings (SSSR count). The van der Waals surface area contributed by atoms with Gasteiger partial charge < -0.3 is 9.84 Å². The molecule has 0 spiro atoms. The van der Waals surface area contributed by atoms with Crippen molar-refractivity contribution in [3.05, 3.63) is 64.8 Å². The number of anilines is 1. The monoisotopic (exact) mass is 385 g/mol. The van der Waals surface area contributed by atoms with Crippen molar-refractivity contribution >= 4 is 23.4 Å². The molecule has 0 saturated carbocycles. The van der Waals surface area contributed by atoms with Crippen LogP contribution in [0.2, 0.25) is 0 Å². The molecule has 0 atom stereocenters. The van der Waals surface area contributed by atoms with Crippen LogP contribution in [0, 0.1) is 26.6 Å². The van der Waals surface area contributed by atoms with Crippen molar-refractivity contribution in [2.75, 3.05) is 11.1 Å². The number of nitrogens with zero attached hydrogens (tertiary/aromatic N) is 2. The summed E-state index contributed by atoms with van der Waals surface area (Å²) in [6.45, 7) is 5.63. The SMILES string of the molecule is Cc1ccc(C)c(NC(=O)CSCc2nc(-c3ccc(C)c(F)c3)no2)c1. The first-order chi connectivity index (χ1) is 12.9. The topological polar surface area (TPSA) is 68.0 Å². The fourth-order valence-corrected chi connectivity index (χ4v) is 3.10. The molecule has 0 saturated heterocycles. The zero-order valence-electron chi connectivity index (χ0n) is 15.4. The Kier molecular flexibility index (Phi) is 5.91. The van der Waals surface area contributed by atoms with Crippen LogP contribution in [0.4, 0.5) is 10.1 Å². The second kappa shape index (κ2) is 8.35. The van der Waals surface area contributed by atoms with Crippen LogP contribution in [0.5, 0.6) is 0 Å². The molecule has 7 heteroatoms. The largest absolute Gasteiger partial charge is 0.338 e. The molecule has 0 radical (unpaired) electrons. The molecule has 1 N–H and O–H groups in total. The second-order valence-electron chi connectivity index (χ2n) is 6.34. The molecule has 1 amide bonds. The molecule has 140 valence electrons. The molecular weight excluding hydrogens is 365 g/mol. The van der Waals surface area contributed by atoms with E-state index < -0.39 is 0 Å². The summed E-state index contributed by atoms with van der Waals surface area (Å²) in [5, 5.41) is 6.79. The van der Waals surface area contributed by atoms with Crippen LogP contribution in [-0.4, -0.2) is 21.8 Å². The summed E-state index contributed by atoms with van der Waals surface area (Å²) >= 11 is 1.38. The summed E-state index contributed by atoms with van der Waals surface area (Å²) in [6, 6.07) is 10.7. The summed E-state index contributed by atoms with van der Waals surface area (Å²) in [4.78, 5) is 16.4. The Balaban J connectivity index is 1.53. The van der Waals surface area contributed by atoms with E-state index in [0.717, 1.165) is 16.8 Å². The number of carbonyl (C=O) groups excluding carboxylic acids is 1. The standard InChI is InChI=1S/C20H20FN3O2S/c1-12-4-5-14(3)17(8-12)22-18(25)10-27-11-19-23-20(24-26-19)15-7-6-13(2)16(21)9-15/h4-9H,10-11H2,1-3H3,(H,22,25). The number of hydrogen-bond acceptors (Lipinski definition) is 5. The summed E-state index contributed by atoms with van der Waals surface area (Å²) in [5.74, 6) is 1.01. The number of rotatable bonds is 6. The van der Waals surface area contributed by atoms with Crippen molar-refractivity contribution < 1.29 is 13.7 Å². The lowest BCUT2D eigenvalue weighted by Gasteiger charge is -2.08. The van der Waals surface area contributed by atoms with Gasteiger partial charge in [0, 0.05) is 11.3 Å². The number of hydrogen-bond donors (Lipinski definition) is 1. The maximum Gasteiger partial charge on any atom is 0.236 e. The van der Waals surface area contributed by atoms with Gasteiger partial charge in [-0.15, -0.1) is 11.8 Å². The van der Waals surface area contributed by atoms with Crippen LogP contribution in [0.3, 0.4) is 0 Å². The van der Waals surface area contributed by atoms with E-state index in [1.807, 2.05) is 32.0 Å². The van der Waals surface area contributed by atoms with Gasteiger partial charge in [0.2, 0.25) is 17.6 Å². The lowest BCUT2D eigenvalue weighted by atomic mass is 10.1. The van der Waals surface area contributed by atoms with E-state index in [2.05, 4.69) is 15.5 Å². The average molecular weight is 385 g/mol. The third kappa shape index (κ3) is 4.95. The number of carbonyl (C=O) groups is 1. The Morgan fingerprint density at radius 2 is 1.93 bits per heavy atom. The second-order valence-corrected chi connectivity index (χ2v) is 7.32. The maximum absolute atomic E-state index is 13.7. The van der Waals surface area contributed by atoms with Crippen molar-refractivity contribution in [1.82, 2.24) is 10.1 Å². The fourth-order valence-electron chi connectivity index (χ4n) is 2.45. The first-order valence-electron chi connectivity index (χ1n) is 8.46. The molecule has 0 bridgehead atoms. The maximum atomic E-state index is 13.7. The van der Waals surface area contributed by atoms with Gasteiger partial charge in [0.15, 0.2) is 0 Å². The minimum atomic E-state index is -0.309. The number of amides is 1. The number of aromatic nitrogens is 2. The smallest absolute Gasteiger partial charge is 0.236 e. The van der Waals surface area contributed by atoms with Gasteiger partial charge in [0.05, 0.1) is 11.5 Å². The lowest BCUT2D eigenvalue weighted by molar-refractivity contribution is -0.113. The van der Waals surface area contributed by atoms with E-state index in [9.17, 15) is 9.18 Å². The highest BCUT2D eigenvalue weighted by atomic mass is 32.2. The van der Waals surface area contributed by atoms with Crippen LogP contribution in [0.1, 0.15) is 22.6 Å². The van der Waals surface area contributed by atoms with E-state index in [1.54, 1.807) is 19.1 Å². The normalized spacial score (nSPS) is 10.8. The van der Waals surface area contributed by atoms with Gasteiger partial charge in [0.1, 0.15) is 5.82 Å². The van der Waals surface area contributed by atoms with E-state index in [0.29, 0.717) is 28.6 Å². The molecule has 27 heavy (non-hydrogen) atoms. The van der Waals surface area contributed by atoms with Crippen molar-refractivity contribution in [1.29, 1.82) is 0 Å². The van der Waals surface area contributed by atoms with Gasteiger partial charge in [-0.3, -0.25) is 4.79 Å². The molecule has 3 aromatic rings. The van der Waals surface area contributed by atoms with Crippen LogP contribution < -0.4 is 5.32 Å². The minimum Gasteiger partial charge on any atom is -0.338 e. The zero-order chi connectivity index (χ0) is 19.4. The van der Waals surface area contributed by atoms with Gasteiger partial charge in [0.25, 0.3) is 0 Å². The Morgan fingerprint density at radius 3 is 2.70 bits per heavy atom. The molecule has 0 aliphatic rings. The van der Waals surface area contributed by atoms with Crippen LogP contribution >= 0.6 is 11.8 Å². The third-order valence-corrected chi connectivity index (χ3v) is 4.94. The highest BCUT2D eigenvalue weighted by Gasteiger charge is 2.12. The van der Waals surface area contributed by atoms with E-state index in [4.69, 9.17) is 4.52 Å². The molecule has 1 heterocycles. The summed E-state index contributed by atoms with van der Waals surface area (Å²) in [5.41, 5.74) is 4.06. The van der Waals surface area contributed by atoms with Crippen LogP contribution in [0.25, 0.3) is 11.4 Å². The van der Waals surface area contributed by atoms with Crippen molar-refractivity contribution in [3.8, 4) is 11.4 Å². The number of thioether (sulfide) groups is 1. The molecule has 0 unspecified atom stereocenters. The first kappa shape index (κ1) is 19.1. The molecule has 1 aromatic heterocycles. The quantitative estimate of drug-likeness (QED) is 0.668. The average Bonchev–Trinajstić information content (AvgIpc) is 3.09. The Bertz CT molecular complexity index is 972. The van der Waals surface area contributed by atoms with Crippen molar-refractivity contribution in [2.45, 2.75) is 26.5 Å². The van der Waals surface area contributed by atoms with Gasteiger partial charge in [-0.2, -0.15) is 4.98 Å². The summed E-state index contributed by atoms with van der Waals surface area (Å²) in [7, 11) is 0. The van der Waals surface area contributed by atoms with Gasteiger partial charge >= 0.3 is 0 Å². The lowest BCUT2D eigenvalue weighted by Crippen LogP contribution is -2.15. The molecular formula is C20H20FN3O2S. The summed E-state index contributed by atoms with van der Waals surface area (Å²) in [6.07, 6.45) is 0. The van der Waals surface area contributed by atoms with Crippen molar-refractivity contribution in [2.24, 2.45) is 0 Å². The minimum absolute atomic E-state index is 0.0888. The number of nitrogens with one attached hydrogen (secondary N) is 1. The van der Waals surface area contributed by atoms with E-state index >= 15 is 0 Å². The molecule has 2 aromatic carbocycles. The Hall–Kier alpha value is -2.67. The van der Waals surface area contributed by atoms with Gasteiger partial charge in [-0.25, -0.2) is 4.39 Å². The van der Waals surface area contributed by atoms with Crippen LogP contribution in [-0.2, 0) is 10.5 Å². The zero-order valence-corrected chi connectivity index (χ0v) is 16.2. The Morgan fingerprint density at radius 1 is 1.15 bits per heavy atom. The fraction of sp³-hybridized carbons (Fsp3) is 0.250. The predicted molar refractivity (Wildman–Crippen MR) is 105 cm³/mol. The Labute approximate surface area is 161 Å². The van der Waals surface area contributed by atoms with E-state index in [1.165, 1.54) is 17.8 Å². The number of halogens is 1. The molecule has 0 aliphatic carbocycles. The highest BCUT2D eigenvalue weighted by molar-refractivity contribution is 7.99.